The lowest BCUT2D eigenvalue weighted by atomic mass is 10.1. The molecule has 0 radical (unpaired) electrons. The molecular formula is C10H19NO3. The Labute approximate surface area is 84.8 Å². The zero-order chi connectivity index (χ0) is 10.6. The second-order valence-electron chi connectivity index (χ2n) is 3.94. The van der Waals surface area contributed by atoms with Crippen LogP contribution in [0.1, 0.15) is 26.2 Å². The van der Waals surface area contributed by atoms with Crippen LogP contribution in [0.15, 0.2) is 0 Å². The Morgan fingerprint density at radius 3 is 3.00 bits per heavy atom. The molecule has 0 aliphatic carbocycles. The Morgan fingerprint density at radius 2 is 2.43 bits per heavy atom. The van der Waals surface area contributed by atoms with Gasteiger partial charge < -0.3 is 9.84 Å². The van der Waals surface area contributed by atoms with E-state index in [1.807, 2.05) is 0 Å². The summed E-state index contributed by atoms with van der Waals surface area (Å²) in [6.45, 7) is 3.77. The van der Waals surface area contributed by atoms with Crippen LogP contribution in [0.4, 0.5) is 0 Å². The van der Waals surface area contributed by atoms with Crippen molar-refractivity contribution in [1.29, 1.82) is 0 Å². The molecule has 1 aliphatic heterocycles. The van der Waals surface area contributed by atoms with Crippen molar-refractivity contribution >= 4 is 5.97 Å². The van der Waals surface area contributed by atoms with Crippen LogP contribution in [0, 0.1) is 0 Å². The number of aliphatic carboxylic acids is 1. The molecule has 0 aromatic heterocycles. The highest BCUT2D eigenvalue weighted by molar-refractivity contribution is 5.67. The highest BCUT2D eigenvalue weighted by Gasteiger charge is 2.29. The summed E-state index contributed by atoms with van der Waals surface area (Å²) in [5.74, 6) is -0.702. The molecule has 0 aromatic carbocycles. The highest BCUT2D eigenvalue weighted by Crippen LogP contribution is 2.22. The first kappa shape index (κ1) is 11.5. The van der Waals surface area contributed by atoms with Gasteiger partial charge in [0.1, 0.15) is 0 Å². The number of carboxylic acid groups (broad SMARTS) is 1. The van der Waals surface area contributed by atoms with Crippen molar-refractivity contribution in [2.45, 2.75) is 38.3 Å². The van der Waals surface area contributed by atoms with Crippen molar-refractivity contribution < 1.29 is 14.6 Å². The Bertz CT molecular complexity index is 196. The fourth-order valence-electron chi connectivity index (χ4n) is 2.20. The van der Waals surface area contributed by atoms with E-state index >= 15 is 0 Å². The Kier molecular flexibility index (Phi) is 4.35. The second kappa shape index (κ2) is 5.32. The summed E-state index contributed by atoms with van der Waals surface area (Å²) in [6, 6.07) is 0.532. The zero-order valence-corrected chi connectivity index (χ0v) is 8.90. The number of ether oxygens (including phenoxy) is 1. The predicted molar refractivity (Wildman–Crippen MR) is 53.3 cm³/mol. The predicted octanol–water partition coefficient (Wildman–Crippen LogP) is 0.960. The van der Waals surface area contributed by atoms with E-state index in [2.05, 4.69) is 11.8 Å². The molecule has 0 spiro atoms. The Hall–Kier alpha value is -0.610. The van der Waals surface area contributed by atoms with E-state index < -0.39 is 5.97 Å². The lowest BCUT2D eigenvalue weighted by Gasteiger charge is -2.29. The monoisotopic (exact) mass is 201 g/mol. The summed E-state index contributed by atoms with van der Waals surface area (Å²) in [7, 11) is 1.68. The largest absolute Gasteiger partial charge is 0.481 e. The molecule has 0 amide bonds. The average Bonchev–Trinajstić information content (AvgIpc) is 2.51. The molecule has 1 fully saturated rings. The quantitative estimate of drug-likeness (QED) is 0.719. The smallest absolute Gasteiger partial charge is 0.304 e. The number of methoxy groups -OCH3 is 1. The van der Waals surface area contributed by atoms with Crippen molar-refractivity contribution in [3.05, 3.63) is 0 Å². The van der Waals surface area contributed by atoms with Gasteiger partial charge in [0.05, 0.1) is 13.0 Å². The van der Waals surface area contributed by atoms with Gasteiger partial charge in [0.25, 0.3) is 0 Å². The molecule has 4 heteroatoms. The van der Waals surface area contributed by atoms with Crippen molar-refractivity contribution in [2.24, 2.45) is 0 Å². The number of nitrogens with zero attached hydrogens (tertiary/aromatic N) is 1. The van der Waals surface area contributed by atoms with E-state index in [-0.39, 0.29) is 12.5 Å². The standard InChI is InChI=1S/C10H19NO3/c1-8(7-14-2)11-5-3-4-9(11)6-10(12)13/h8-9H,3-7H2,1-2H3,(H,12,13). The van der Waals surface area contributed by atoms with Gasteiger partial charge in [-0.1, -0.05) is 0 Å². The third-order valence-corrected chi connectivity index (χ3v) is 2.81. The van der Waals surface area contributed by atoms with E-state index in [0.717, 1.165) is 19.4 Å². The fourth-order valence-corrected chi connectivity index (χ4v) is 2.20. The number of carbonyl (C=O) groups is 1. The summed E-state index contributed by atoms with van der Waals surface area (Å²) in [5.41, 5.74) is 0. The summed E-state index contributed by atoms with van der Waals surface area (Å²) < 4.78 is 5.08. The van der Waals surface area contributed by atoms with Crippen molar-refractivity contribution in [2.75, 3.05) is 20.3 Å². The first-order chi connectivity index (χ1) is 6.65. The summed E-state index contributed by atoms with van der Waals surface area (Å²) >= 11 is 0. The molecule has 14 heavy (non-hydrogen) atoms. The van der Waals surface area contributed by atoms with Crippen LogP contribution in [0.25, 0.3) is 0 Å². The summed E-state index contributed by atoms with van der Waals surface area (Å²) in [6.07, 6.45) is 2.36. The minimum absolute atomic E-state index is 0.206. The maximum atomic E-state index is 10.6. The molecule has 0 aromatic rings. The molecule has 1 saturated heterocycles. The third-order valence-electron chi connectivity index (χ3n) is 2.81. The number of likely N-dealkylation sites (tertiary alicyclic amines) is 1. The number of carboxylic acids is 1. The topological polar surface area (TPSA) is 49.8 Å². The van der Waals surface area contributed by atoms with Gasteiger partial charge in [-0.3, -0.25) is 9.69 Å². The van der Waals surface area contributed by atoms with E-state index in [4.69, 9.17) is 9.84 Å². The molecule has 2 atom stereocenters. The van der Waals surface area contributed by atoms with Crippen molar-refractivity contribution in [3.8, 4) is 0 Å². The van der Waals surface area contributed by atoms with Gasteiger partial charge in [-0.25, -0.2) is 0 Å². The molecule has 2 unspecified atom stereocenters. The highest BCUT2D eigenvalue weighted by atomic mass is 16.5. The maximum Gasteiger partial charge on any atom is 0.304 e. The van der Waals surface area contributed by atoms with E-state index in [1.165, 1.54) is 0 Å². The van der Waals surface area contributed by atoms with E-state index in [0.29, 0.717) is 12.6 Å². The number of hydrogen-bond acceptors (Lipinski definition) is 3. The van der Waals surface area contributed by atoms with E-state index in [1.54, 1.807) is 7.11 Å². The zero-order valence-electron chi connectivity index (χ0n) is 8.90. The van der Waals surface area contributed by atoms with Crippen LogP contribution in [-0.4, -0.2) is 48.3 Å². The molecule has 4 nitrogen and oxygen atoms in total. The minimum atomic E-state index is -0.702. The van der Waals surface area contributed by atoms with Crippen molar-refractivity contribution in [3.63, 3.8) is 0 Å². The minimum Gasteiger partial charge on any atom is -0.481 e. The van der Waals surface area contributed by atoms with Crippen LogP contribution >= 0.6 is 0 Å². The normalized spacial score (nSPS) is 25.1. The molecule has 1 rings (SSSR count). The SMILES string of the molecule is COCC(C)N1CCCC1CC(=O)O. The first-order valence-corrected chi connectivity index (χ1v) is 5.11. The molecule has 0 saturated carbocycles. The van der Waals surface area contributed by atoms with Crippen LogP contribution < -0.4 is 0 Å². The number of rotatable bonds is 5. The van der Waals surface area contributed by atoms with Crippen LogP contribution in [0.3, 0.4) is 0 Å². The molecule has 1 aliphatic rings. The van der Waals surface area contributed by atoms with Crippen molar-refractivity contribution in [1.82, 2.24) is 4.90 Å². The molecular weight excluding hydrogens is 182 g/mol. The number of hydrogen-bond donors (Lipinski definition) is 1. The van der Waals surface area contributed by atoms with E-state index in [9.17, 15) is 4.79 Å². The fraction of sp³-hybridized carbons (Fsp3) is 0.900. The second-order valence-corrected chi connectivity index (χ2v) is 3.94. The van der Waals surface area contributed by atoms with Crippen LogP contribution in [-0.2, 0) is 9.53 Å². The molecule has 0 bridgehead atoms. The van der Waals surface area contributed by atoms with Crippen LogP contribution in [0.2, 0.25) is 0 Å². The van der Waals surface area contributed by atoms with Crippen LogP contribution in [0.5, 0.6) is 0 Å². The van der Waals surface area contributed by atoms with Gasteiger partial charge in [0.15, 0.2) is 0 Å². The van der Waals surface area contributed by atoms with Gasteiger partial charge in [-0.15, -0.1) is 0 Å². The van der Waals surface area contributed by atoms with Gasteiger partial charge in [0.2, 0.25) is 0 Å². The summed E-state index contributed by atoms with van der Waals surface area (Å²) in [5, 5.41) is 8.75. The maximum absolute atomic E-state index is 10.6. The first-order valence-electron chi connectivity index (χ1n) is 5.11. The summed E-state index contributed by atoms with van der Waals surface area (Å²) in [4.78, 5) is 12.9. The van der Waals surface area contributed by atoms with Gasteiger partial charge in [-0.2, -0.15) is 0 Å². The molecule has 82 valence electrons. The average molecular weight is 201 g/mol. The van der Waals surface area contributed by atoms with Gasteiger partial charge >= 0.3 is 5.97 Å². The molecule has 1 N–H and O–H groups in total. The Balaban J connectivity index is 2.45. The Morgan fingerprint density at radius 1 is 1.71 bits per heavy atom. The molecule has 1 heterocycles. The van der Waals surface area contributed by atoms with Gasteiger partial charge in [0, 0.05) is 19.2 Å². The third kappa shape index (κ3) is 2.96. The lowest BCUT2D eigenvalue weighted by molar-refractivity contribution is -0.138. The van der Waals surface area contributed by atoms with Gasteiger partial charge in [-0.05, 0) is 26.3 Å². The lowest BCUT2D eigenvalue weighted by Crippen LogP contribution is -2.40.